The summed E-state index contributed by atoms with van der Waals surface area (Å²) in [5.74, 6) is 2.00. The minimum Gasteiger partial charge on any atom is -0.345 e. The molecule has 0 bridgehead atoms. The molecule has 1 aromatic heterocycles. The van der Waals surface area contributed by atoms with Crippen LogP contribution in [0.3, 0.4) is 0 Å². The van der Waals surface area contributed by atoms with Crippen LogP contribution in [0.1, 0.15) is 11.3 Å². The molecule has 1 N–H and O–H groups in total. The summed E-state index contributed by atoms with van der Waals surface area (Å²) in [4.78, 5) is 15.7. The highest BCUT2D eigenvalue weighted by Crippen LogP contribution is 2.33. The Labute approximate surface area is 129 Å². The van der Waals surface area contributed by atoms with Crippen molar-refractivity contribution in [3.63, 3.8) is 0 Å². The number of carbonyl (C=O) groups is 1. The molecule has 3 nitrogen and oxygen atoms in total. The number of benzene rings is 1. The molecule has 7 heteroatoms. The van der Waals surface area contributed by atoms with Gasteiger partial charge in [-0.05, 0) is 12.1 Å². The topological polar surface area (TPSA) is 42.0 Å². The molecule has 0 aliphatic carbocycles. The number of nitrogens with one attached hydrogen (secondary N) is 1. The first-order chi connectivity index (χ1) is 10.4. The molecule has 1 heterocycles. The van der Waals surface area contributed by atoms with E-state index in [0.717, 1.165) is 12.1 Å². The van der Waals surface area contributed by atoms with Crippen LogP contribution in [0.25, 0.3) is 10.6 Å². The van der Waals surface area contributed by atoms with Crippen LogP contribution in [0.5, 0.6) is 0 Å². The van der Waals surface area contributed by atoms with Crippen molar-refractivity contribution in [3.8, 4) is 22.9 Å². The standard InChI is InChI=1S/C15H11F3N2OS/c1-2-6-19-13(21)8-12-9-22-14(20-12)10-4-3-5-11(7-10)15(16,17)18/h1,3-5,7,9H,6,8H2,(H,19,21). The van der Waals surface area contributed by atoms with Gasteiger partial charge in [0.2, 0.25) is 5.91 Å². The number of rotatable bonds is 4. The van der Waals surface area contributed by atoms with Crippen molar-refractivity contribution in [3.05, 3.63) is 40.9 Å². The number of thiazole rings is 1. The van der Waals surface area contributed by atoms with E-state index in [1.54, 1.807) is 11.4 Å². The summed E-state index contributed by atoms with van der Waals surface area (Å²) in [7, 11) is 0. The molecule has 2 rings (SSSR count). The normalized spacial score (nSPS) is 11.0. The molecule has 1 amide bonds. The number of halogens is 3. The fourth-order valence-corrected chi connectivity index (χ4v) is 2.54. The van der Waals surface area contributed by atoms with E-state index >= 15 is 0 Å². The van der Waals surface area contributed by atoms with Crippen molar-refractivity contribution < 1.29 is 18.0 Å². The molecule has 1 aromatic carbocycles. The highest BCUT2D eigenvalue weighted by molar-refractivity contribution is 7.13. The van der Waals surface area contributed by atoms with Crippen molar-refractivity contribution in [2.24, 2.45) is 0 Å². The van der Waals surface area contributed by atoms with Gasteiger partial charge in [-0.2, -0.15) is 13.2 Å². The van der Waals surface area contributed by atoms with E-state index in [0.29, 0.717) is 16.3 Å². The summed E-state index contributed by atoms with van der Waals surface area (Å²) in [6.07, 6.45) is 0.671. The van der Waals surface area contributed by atoms with Crippen molar-refractivity contribution in [2.75, 3.05) is 6.54 Å². The van der Waals surface area contributed by atoms with Gasteiger partial charge in [-0.1, -0.05) is 18.1 Å². The lowest BCUT2D eigenvalue weighted by molar-refractivity contribution is -0.137. The number of alkyl halides is 3. The zero-order chi connectivity index (χ0) is 16.2. The van der Waals surface area contributed by atoms with Gasteiger partial charge >= 0.3 is 6.18 Å². The third-order valence-corrected chi connectivity index (χ3v) is 3.66. The zero-order valence-electron chi connectivity index (χ0n) is 11.3. The van der Waals surface area contributed by atoms with E-state index in [-0.39, 0.29) is 18.9 Å². The van der Waals surface area contributed by atoms with E-state index in [1.807, 2.05) is 0 Å². The highest BCUT2D eigenvalue weighted by Gasteiger charge is 2.30. The molecule has 0 aliphatic heterocycles. The molecule has 0 unspecified atom stereocenters. The third-order valence-electron chi connectivity index (χ3n) is 2.72. The van der Waals surface area contributed by atoms with Gasteiger partial charge < -0.3 is 5.32 Å². The Morgan fingerprint density at radius 3 is 2.86 bits per heavy atom. The molecule has 0 fully saturated rings. The molecule has 0 saturated heterocycles. The Kier molecular flexibility index (Phi) is 4.83. The van der Waals surface area contributed by atoms with Crippen LogP contribution >= 0.6 is 11.3 Å². The summed E-state index contributed by atoms with van der Waals surface area (Å²) in [5.41, 5.74) is 0.135. The van der Waals surface area contributed by atoms with E-state index in [2.05, 4.69) is 16.2 Å². The highest BCUT2D eigenvalue weighted by atomic mass is 32.1. The van der Waals surface area contributed by atoms with Crippen LogP contribution in [0, 0.1) is 12.3 Å². The van der Waals surface area contributed by atoms with Crippen LogP contribution in [0.4, 0.5) is 13.2 Å². The molecule has 0 spiro atoms. The number of terminal acetylenes is 1. The smallest absolute Gasteiger partial charge is 0.345 e. The maximum Gasteiger partial charge on any atom is 0.416 e. The molecule has 0 atom stereocenters. The van der Waals surface area contributed by atoms with E-state index in [1.165, 1.54) is 17.4 Å². The molecule has 2 aromatic rings. The average molecular weight is 324 g/mol. The van der Waals surface area contributed by atoms with Crippen LogP contribution in [-0.4, -0.2) is 17.4 Å². The first-order valence-corrected chi connectivity index (χ1v) is 7.10. The predicted octanol–water partition coefficient (Wildman–Crippen LogP) is 3.12. The van der Waals surface area contributed by atoms with Crippen molar-refractivity contribution >= 4 is 17.2 Å². The summed E-state index contributed by atoms with van der Waals surface area (Å²) >= 11 is 1.19. The quantitative estimate of drug-likeness (QED) is 0.878. The second kappa shape index (κ2) is 6.62. The molecular weight excluding hydrogens is 313 g/mol. The predicted molar refractivity (Wildman–Crippen MR) is 78.1 cm³/mol. The van der Waals surface area contributed by atoms with Gasteiger partial charge in [0.15, 0.2) is 0 Å². The number of hydrogen-bond acceptors (Lipinski definition) is 3. The Morgan fingerprint density at radius 2 is 2.18 bits per heavy atom. The van der Waals surface area contributed by atoms with Gasteiger partial charge in [0.1, 0.15) is 5.01 Å². The maximum absolute atomic E-state index is 12.7. The van der Waals surface area contributed by atoms with Crippen LogP contribution in [-0.2, 0) is 17.4 Å². The molecule has 0 saturated carbocycles. The zero-order valence-corrected chi connectivity index (χ0v) is 12.1. The number of nitrogens with zero attached hydrogens (tertiary/aromatic N) is 1. The van der Waals surface area contributed by atoms with E-state index in [4.69, 9.17) is 6.42 Å². The van der Waals surface area contributed by atoms with Crippen LogP contribution in [0.15, 0.2) is 29.6 Å². The number of carbonyl (C=O) groups excluding carboxylic acids is 1. The number of aromatic nitrogens is 1. The largest absolute Gasteiger partial charge is 0.416 e. The summed E-state index contributed by atoms with van der Waals surface area (Å²) in [5, 5.41) is 4.58. The molecule has 0 aliphatic rings. The lowest BCUT2D eigenvalue weighted by Gasteiger charge is -2.07. The second-order valence-electron chi connectivity index (χ2n) is 4.38. The Morgan fingerprint density at radius 1 is 1.41 bits per heavy atom. The molecule has 22 heavy (non-hydrogen) atoms. The molecule has 114 valence electrons. The summed E-state index contributed by atoms with van der Waals surface area (Å²) in [6, 6.07) is 4.93. The van der Waals surface area contributed by atoms with E-state index < -0.39 is 11.7 Å². The molecular formula is C15H11F3N2OS. The van der Waals surface area contributed by atoms with Crippen molar-refractivity contribution in [1.29, 1.82) is 0 Å². The summed E-state index contributed by atoms with van der Waals surface area (Å²) in [6.45, 7) is 0.128. The fourth-order valence-electron chi connectivity index (χ4n) is 1.73. The Bertz CT molecular complexity index is 716. The Hall–Kier alpha value is -2.33. The minimum absolute atomic E-state index is 0.0388. The van der Waals surface area contributed by atoms with Crippen molar-refractivity contribution in [2.45, 2.75) is 12.6 Å². The maximum atomic E-state index is 12.7. The Balaban J connectivity index is 2.15. The lowest BCUT2D eigenvalue weighted by atomic mass is 10.1. The number of hydrogen-bond donors (Lipinski definition) is 1. The average Bonchev–Trinajstić information content (AvgIpc) is 2.93. The lowest BCUT2D eigenvalue weighted by Crippen LogP contribution is -2.25. The second-order valence-corrected chi connectivity index (χ2v) is 5.24. The fraction of sp³-hybridized carbons (Fsp3) is 0.200. The van der Waals surface area contributed by atoms with Crippen LogP contribution < -0.4 is 5.32 Å². The van der Waals surface area contributed by atoms with E-state index in [9.17, 15) is 18.0 Å². The minimum atomic E-state index is -4.40. The number of amides is 1. The third kappa shape index (κ3) is 4.09. The molecule has 0 radical (unpaired) electrons. The van der Waals surface area contributed by atoms with Gasteiger partial charge in [0, 0.05) is 10.9 Å². The van der Waals surface area contributed by atoms with Gasteiger partial charge in [-0.3, -0.25) is 4.79 Å². The van der Waals surface area contributed by atoms with Gasteiger partial charge in [-0.15, -0.1) is 17.8 Å². The first-order valence-electron chi connectivity index (χ1n) is 6.22. The van der Waals surface area contributed by atoms with Crippen molar-refractivity contribution in [1.82, 2.24) is 10.3 Å². The first kappa shape index (κ1) is 16.0. The van der Waals surface area contributed by atoms with Gasteiger partial charge in [0.05, 0.1) is 24.2 Å². The summed E-state index contributed by atoms with van der Waals surface area (Å²) < 4.78 is 38.1. The van der Waals surface area contributed by atoms with Crippen LogP contribution in [0.2, 0.25) is 0 Å². The SMILES string of the molecule is C#CCNC(=O)Cc1csc(-c2cccc(C(F)(F)F)c2)n1. The van der Waals surface area contributed by atoms with Gasteiger partial charge in [0.25, 0.3) is 0 Å². The monoisotopic (exact) mass is 324 g/mol. The van der Waals surface area contributed by atoms with Gasteiger partial charge in [-0.25, -0.2) is 4.98 Å².